The third-order valence-corrected chi connectivity index (χ3v) is 3.18. The molecule has 0 spiro atoms. The van der Waals surface area contributed by atoms with Crippen LogP contribution in [0.3, 0.4) is 0 Å². The molecule has 0 aromatic heterocycles. The third-order valence-electron chi connectivity index (χ3n) is 3.18. The Morgan fingerprint density at radius 3 is 1.83 bits per heavy atom. The lowest BCUT2D eigenvalue weighted by atomic mass is 9.68. The summed E-state index contributed by atoms with van der Waals surface area (Å²) in [6, 6.07) is 0. The number of aliphatic hydroxyl groups is 1. The van der Waals surface area contributed by atoms with E-state index < -0.39 is 35.3 Å². The highest BCUT2D eigenvalue weighted by Gasteiger charge is 2.58. The first-order valence-corrected chi connectivity index (χ1v) is 5.52. The molecular weight excluding hydrogens is 244 g/mol. The second kappa shape index (κ2) is 5.81. The molecule has 0 aliphatic carbocycles. The van der Waals surface area contributed by atoms with E-state index in [-0.39, 0.29) is 6.42 Å². The lowest BCUT2D eigenvalue weighted by Gasteiger charge is -2.37. The van der Waals surface area contributed by atoms with Crippen LogP contribution in [-0.2, 0) is 14.4 Å². The van der Waals surface area contributed by atoms with Crippen LogP contribution < -0.4 is 0 Å². The van der Waals surface area contributed by atoms with Crippen LogP contribution >= 0.6 is 0 Å². The number of unbranched alkanes of at least 4 members (excludes halogenated alkanes) is 1. The summed E-state index contributed by atoms with van der Waals surface area (Å²) < 4.78 is 0. The topological polar surface area (TPSA) is 132 Å². The van der Waals surface area contributed by atoms with Crippen molar-refractivity contribution in [2.45, 2.75) is 45.1 Å². The smallest absolute Gasteiger partial charge is 0.337 e. The van der Waals surface area contributed by atoms with Gasteiger partial charge in [0.05, 0.1) is 6.42 Å². The van der Waals surface area contributed by atoms with E-state index in [0.717, 1.165) is 6.92 Å². The summed E-state index contributed by atoms with van der Waals surface area (Å²) in [7, 11) is 0. The van der Waals surface area contributed by atoms with E-state index in [1.807, 2.05) is 0 Å². The maximum absolute atomic E-state index is 11.2. The van der Waals surface area contributed by atoms with Gasteiger partial charge >= 0.3 is 17.9 Å². The van der Waals surface area contributed by atoms with Gasteiger partial charge in [-0.2, -0.15) is 0 Å². The Kier molecular flexibility index (Phi) is 5.29. The molecule has 0 aliphatic rings. The van der Waals surface area contributed by atoms with Crippen molar-refractivity contribution in [3.05, 3.63) is 0 Å². The van der Waals surface area contributed by atoms with Gasteiger partial charge in [-0.3, -0.25) is 9.59 Å². The van der Waals surface area contributed by atoms with Gasteiger partial charge in [0.2, 0.25) is 0 Å². The van der Waals surface area contributed by atoms with Gasteiger partial charge in [-0.05, 0) is 13.3 Å². The van der Waals surface area contributed by atoms with Crippen LogP contribution in [0, 0.1) is 5.41 Å². The second-order valence-electron chi connectivity index (χ2n) is 4.48. The molecule has 0 aromatic rings. The molecule has 0 radical (unpaired) electrons. The van der Waals surface area contributed by atoms with Gasteiger partial charge in [0, 0.05) is 0 Å². The standard InChI is InChI=1S/C11H18O7/c1-3-4-5-10(2,8(14)15)11(18,9(16)17)6-7(12)13/h18H,3-6H2,1-2H3,(H,12,13)(H,14,15)(H,16,17). The minimum atomic E-state index is -2.83. The molecule has 0 bridgehead atoms. The zero-order valence-corrected chi connectivity index (χ0v) is 10.3. The number of hydrogen-bond donors (Lipinski definition) is 4. The van der Waals surface area contributed by atoms with Crippen molar-refractivity contribution in [1.29, 1.82) is 0 Å². The summed E-state index contributed by atoms with van der Waals surface area (Å²) in [5.74, 6) is -4.93. The van der Waals surface area contributed by atoms with E-state index >= 15 is 0 Å². The van der Waals surface area contributed by atoms with E-state index in [1.165, 1.54) is 0 Å². The molecule has 4 N–H and O–H groups in total. The molecule has 0 rings (SSSR count). The molecule has 0 heterocycles. The van der Waals surface area contributed by atoms with Gasteiger partial charge in [0.1, 0.15) is 5.41 Å². The predicted octanol–water partition coefficient (Wildman–Crippen LogP) is 0.558. The molecule has 0 amide bonds. The molecule has 104 valence electrons. The first kappa shape index (κ1) is 16.4. The van der Waals surface area contributed by atoms with Crippen LogP contribution in [0.4, 0.5) is 0 Å². The van der Waals surface area contributed by atoms with E-state index in [9.17, 15) is 19.5 Å². The zero-order valence-electron chi connectivity index (χ0n) is 10.3. The van der Waals surface area contributed by atoms with Crippen molar-refractivity contribution in [2.75, 3.05) is 0 Å². The third kappa shape index (κ3) is 2.98. The fourth-order valence-electron chi connectivity index (χ4n) is 1.75. The summed E-state index contributed by atoms with van der Waals surface area (Å²) in [6.07, 6.45) is -0.298. The summed E-state index contributed by atoms with van der Waals surface area (Å²) in [5, 5.41) is 36.8. The van der Waals surface area contributed by atoms with E-state index in [1.54, 1.807) is 6.92 Å². The van der Waals surface area contributed by atoms with Crippen LogP contribution in [0.5, 0.6) is 0 Å². The van der Waals surface area contributed by atoms with Crippen molar-refractivity contribution in [2.24, 2.45) is 5.41 Å². The molecule has 18 heavy (non-hydrogen) atoms. The number of aliphatic carboxylic acids is 3. The van der Waals surface area contributed by atoms with Crippen molar-refractivity contribution in [3.8, 4) is 0 Å². The zero-order chi connectivity index (χ0) is 14.6. The summed E-state index contributed by atoms with van der Waals surface area (Å²) in [4.78, 5) is 33.0. The maximum Gasteiger partial charge on any atom is 0.337 e. The molecule has 7 heteroatoms. The van der Waals surface area contributed by atoms with Crippen molar-refractivity contribution < 1.29 is 34.8 Å². The summed E-state index contributed by atoms with van der Waals surface area (Å²) >= 11 is 0. The summed E-state index contributed by atoms with van der Waals surface area (Å²) in [5.41, 5.74) is -4.88. The Morgan fingerprint density at radius 2 is 1.56 bits per heavy atom. The van der Waals surface area contributed by atoms with Gasteiger partial charge in [0.15, 0.2) is 5.60 Å². The van der Waals surface area contributed by atoms with Crippen LogP contribution in [-0.4, -0.2) is 43.9 Å². The Labute approximate surface area is 104 Å². The van der Waals surface area contributed by atoms with Crippen molar-refractivity contribution in [1.82, 2.24) is 0 Å². The normalized spacial score (nSPS) is 17.5. The van der Waals surface area contributed by atoms with Gasteiger partial charge < -0.3 is 20.4 Å². The van der Waals surface area contributed by atoms with Crippen LogP contribution in [0.1, 0.15) is 39.5 Å². The van der Waals surface area contributed by atoms with Crippen LogP contribution in [0.25, 0.3) is 0 Å². The molecule has 0 aromatic carbocycles. The van der Waals surface area contributed by atoms with Gasteiger partial charge in [-0.25, -0.2) is 4.79 Å². The monoisotopic (exact) mass is 262 g/mol. The lowest BCUT2D eigenvalue weighted by Crippen LogP contribution is -2.57. The van der Waals surface area contributed by atoms with Crippen molar-refractivity contribution in [3.63, 3.8) is 0 Å². The van der Waals surface area contributed by atoms with E-state index in [2.05, 4.69) is 0 Å². The molecule has 2 atom stereocenters. The quantitative estimate of drug-likeness (QED) is 0.502. The average Bonchev–Trinajstić information content (AvgIpc) is 2.23. The van der Waals surface area contributed by atoms with E-state index in [4.69, 9.17) is 15.3 Å². The Morgan fingerprint density at radius 1 is 1.06 bits per heavy atom. The van der Waals surface area contributed by atoms with Gasteiger partial charge in [-0.15, -0.1) is 0 Å². The van der Waals surface area contributed by atoms with E-state index in [0.29, 0.717) is 12.8 Å². The molecule has 0 aliphatic heterocycles. The minimum Gasteiger partial charge on any atom is -0.481 e. The first-order chi connectivity index (χ1) is 8.11. The highest BCUT2D eigenvalue weighted by molar-refractivity contribution is 5.91. The number of hydrogen-bond acceptors (Lipinski definition) is 4. The Bertz CT molecular complexity index is 351. The van der Waals surface area contributed by atoms with Gasteiger partial charge in [-0.1, -0.05) is 19.8 Å². The highest BCUT2D eigenvalue weighted by atomic mass is 16.4. The maximum atomic E-state index is 11.2. The van der Waals surface area contributed by atoms with Gasteiger partial charge in [0.25, 0.3) is 0 Å². The molecular formula is C11H18O7. The fraction of sp³-hybridized carbons (Fsp3) is 0.727. The number of carbonyl (C=O) groups is 3. The Balaban J connectivity index is 5.56. The largest absolute Gasteiger partial charge is 0.481 e. The molecule has 7 nitrogen and oxygen atoms in total. The number of carboxylic acid groups (broad SMARTS) is 3. The van der Waals surface area contributed by atoms with Crippen molar-refractivity contribution >= 4 is 17.9 Å². The SMILES string of the molecule is CCCCC(C)(C(=O)O)C(O)(CC(=O)O)C(=O)O. The average molecular weight is 262 g/mol. The first-order valence-electron chi connectivity index (χ1n) is 5.52. The minimum absolute atomic E-state index is 0.116. The second-order valence-corrected chi connectivity index (χ2v) is 4.48. The number of carboxylic acids is 3. The number of rotatable bonds is 8. The molecule has 0 saturated heterocycles. The molecule has 0 fully saturated rings. The lowest BCUT2D eigenvalue weighted by molar-refractivity contribution is -0.192. The Hall–Kier alpha value is -1.63. The molecule has 2 unspecified atom stereocenters. The fourth-order valence-corrected chi connectivity index (χ4v) is 1.75. The van der Waals surface area contributed by atoms with Crippen LogP contribution in [0.15, 0.2) is 0 Å². The van der Waals surface area contributed by atoms with Crippen LogP contribution in [0.2, 0.25) is 0 Å². The predicted molar refractivity (Wildman–Crippen MR) is 60.1 cm³/mol. The summed E-state index contributed by atoms with van der Waals surface area (Å²) in [6.45, 7) is 2.83. The molecule has 0 saturated carbocycles. The highest BCUT2D eigenvalue weighted by Crippen LogP contribution is 2.39.